The van der Waals surface area contributed by atoms with E-state index < -0.39 is 11.2 Å². The Balaban J connectivity index is 1.97. The highest BCUT2D eigenvalue weighted by atomic mass is 16.3. The molecule has 8 heteroatoms. The SMILES string of the molecule is CN(C)C(CNC(=O)Cn1ccc(=O)[nH]c1=O)c1ccco1. The number of likely N-dealkylation sites (N-methyl/N-ethyl adjacent to an activating group) is 1. The Morgan fingerprint density at radius 3 is 2.77 bits per heavy atom. The van der Waals surface area contributed by atoms with Crippen molar-refractivity contribution in [2.45, 2.75) is 12.6 Å². The number of furan rings is 1. The lowest BCUT2D eigenvalue weighted by Crippen LogP contribution is -2.38. The zero-order valence-electron chi connectivity index (χ0n) is 12.4. The first-order valence-electron chi connectivity index (χ1n) is 6.73. The van der Waals surface area contributed by atoms with Crippen molar-refractivity contribution in [3.8, 4) is 0 Å². The molecule has 2 rings (SSSR count). The number of H-pyrrole nitrogens is 1. The van der Waals surface area contributed by atoms with Gasteiger partial charge in [0.2, 0.25) is 5.91 Å². The summed E-state index contributed by atoms with van der Waals surface area (Å²) < 4.78 is 6.49. The van der Waals surface area contributed by atoms with Gasteiger partial charge in [0.25, 0.3) is 5.56 Å². The first-order chi connectivity index (χ1) is 10.5. The molecule has 2 aromatic heterocycles. The lowest BCUT2D eigenvalue weighted by Gasteiger charge is -2.22. The zero-order chi connectivity index (χ0) is 16.1. The zero-order valence-corrected chi connectivity index (χ0v) is 12.4. The van der Waals surface area contributed by atoms with Crippen LogP contribution in [0.4, 0.5) is 0 Å². The molecular weight excluding hydrogens is 288 g/mol. The second-order valence-corrected chi connectivity index (χ2v) is 5.04. The topological polar surface area (TPSA) is 100 Å². The minimum absolute atomic E-state index is 0.105. The van der Waals surface area contributed by atoms with Crippen molar-refractivity contribution >= 4 is 5.91 Å². The normalized spacial score (nSPS) is 12.3. The van der Waals surface area contributed by atoms with E-state index >= 15 is 0 Å². The van der Waals surface area contributed by atoms with Gasteiger partial charge in [0.1, 0.15) is 12.3 Å². The van der Waals surface area contributed by atoms with Gasteiger partial charge in [0, 0.05) is 18.8 Å². The molecule has 0 aliphatic carbocycles. The summed E-state index contributed by atoms with van der Waals surface area (Å²) in [6.07, 6.45) is 2.87. The molecule has 0 spiro atoms. The van der Waals surface area contributed by atoms with Gasteiger partial charge in [-0.1, -0.05) is 0 Å². The van der Waals surface area contributed by atoms with E-state index in [0.29, 0.717) is 6.54 Å². The van der Waals surface area contributed by atoms with E-state index in [-0.39, 0.29) is 18.5 Å². The van der Waals surface area contributed by atoms with Gasteiger partial charge in [-0.2, -0.15) is 0 Å². The average Bonchev–Trinajstić information content (AvgIpc) is 2.96. The molecule has 0 fully saturated rings. The molecule has 0 radical (unpaired) electrons. The van der Waals surface area contributed by atoms with Crippen LogP contribution in [0.1, 0.15) is 11.8 Å². The molecular formula is C14H18N4O4. The lowest BCUT2D eigenvalue weighted by molar-refractivity contribution is -0.122. The van der Waals surface area contributed by atoms with Gasteiger partial charge in [-0.05, 0) is 26.2 Å². The Labute approximate surface area is 126 Å². The summed E-state index contributed by atoms with van der Waals surface area (Å²) in [6.45, 7) is 0.186. The quantitative estimate of drug-likeness (QED) is 0.753. The minimum atomic E-state index is -0.613. The maximum Gasteiger partial charge on any atom is 0.328 e. The lowest BCUT2D eigenvalue weighted by atomic mass is 10.2. The largest absolute Gasteiger partial charge is 0.468 e. The van der Waals surface area contributed by atoms with Gasteiger partial charge in [-0.25, -0.2) is 4.79 Å². The van der Waals surface area contributed by atoms with E-state index in [4.69, 9.17) is 4.42 Å². The molecule has 1 unspecified atom stereocenters. The summed E-state index contributed by atoms with van der Waals surface area (Å²) >= 11 is 0. The maximum absolute atomic E-state index is 11.9. The predicted octanol–water partition coefficient (Wildman–Crippen LogP) is -0.451. The van der Waals surface area contributed by atoms with Gasteiger partial charge in [0.15, 0.2) is 0 Å². The van der Waals surface area contributed by atoms with Crippen LogP contribution in [0.2, 0.25) is 0 Å². The Bertz CT molecular complexity index is 730. The summed E-state index contributed by atoms with van der Waals surface area (Å²) in [4.78, 5) is 38.4. The number of nitrogens with zero attached hydrogens (tertiary/aromatic N) is 2. The van der Waals surface area contributed by atoms with Crippen molar-refractivity contribution in [3.05, 3.63) is 57.3 Å². The van der Waals surface area contributed by atoms with Crippen molar-refractivity contribution in [1.29, 1.82) is 0 Å². The number of aromatic nitrogens is 2. The smallest absolute Gasteiger partial charge is 0.328 e. The standard InChI is InChI=1S/C14H18N4O4/c1-17(2)10(11-4-3-7-22-11)8-15-13(20)9-18-6-5-12(19)16-14(18)21/h3-7,10H,8-9H2,1-2H3,(H,15,20)(H,16,19,21). The number of nitrogens with one attached hydrogen (secondary N) is 2. The third kappa shape index (κ3) is 3.95. The predicted molar refractivity (Wildman–Crippen MR) is 79.5 cm³/mol. The summed E-state index contributed by atoms with van der Waals surface area (Å²) in [5.74, 6) is 0.416. The fourth-order valence-electron chi connectivity index (χ4n) is 2.01. The fourth-order valence-corrected chi connectivity index (χ4v) is 2.01. The van der Waals surface area contributed by atoms with Crippen LogP contribution in [-0.2, 0) is 11.3 Å². The highest BCUT2D eigenvalue weighted by molar-refractivity contribution is 5.75. The minimum Gasteiger partial charge on any atom is -0.468 e. The van der Waals surface area contributed by atoms with Gasteiger partial charge in [-0.3, -0.25) is 24.0 Å². The molecule has 0 saturated heterocycles. The Hall–Kier alpha value is -2.61. The molecule has 0 aliphatic heterocycles. The van der Waals surface area contributed by atoms with Crippen molar-refractivity contribution < 1.29 is 9.21 Å². The van der Waals surface area contributed by atoms with Crippen LogP contribution in [0.3, 0.4) is 0 Å². The van der Waals surface area contributed by atoms with E-state index in [0.717, 1.165) is 10.3 Å². The van der Waals surface area contributed by atoms with Crippen LogP contribution in [0.5, 0.6) is 0 Å². The summed E-state index contributed by atoms with van der Waals surface area (Å²) in [6, 6.07) is 4.71. The highest BCUT2D eigenvalue weighted by Crippen LogP contribution is 2.17. The Morgan fingerprint density at radius 2 is 2.18 bits per heavy atom. The third-order valence-corrected chi connectivity index (χ3v) is 3.20. The van der Waals surface area contributed by atoms with Crippen molar-refractivity contribution in [3.63, 3.8) is 0 Å². The fraction of sp³-hybridized carbons (Fsp3) is 0.357. The van der Waals surface area contributed by atoms with Crippen LogP contribution in [0.25, 0.3) is 0 Å². The molecule has 2 heterocycles. The van der Waals surface area contributed by atoms with Gasteiger partial charge < -0.3 is 9.73 Å². The molecule has 0 aromatic carbocycles. The third-order valence-electron chi connectivity index (χ3n) is 3.20. The van der Waals surface area contributed by atoms with E-state index in [1.54, 1.807) is 12.3 Å². The molecule has 22 heavy (non-hydrogen) atoms. The first kappa shape index (κ1) is 15.8. The van der Waals surface area contributed by atoms with Gasteiger partial charge in [-0.15, -0.1) is 0 Å². The molecule has 0 aliphatic rings. The number of amides is 1. The summed E-state index contributed by atoms with van der Waals surface area (Å²) in [5.41, 5.74) is -1.11. The molecule has 0 bridgehead atoms. The molecule has 1 atom stereocenters. The second-order valence-electron chi connectivity index (χ2n) is 5.04. The van der Waals surface area contributed by atoms with E-state index in [2.05, 4.69) is 10.3 Å². The van der Waals surface area contributed by atoms with Gasteiger partial charge in [0.05, 0.1) is 12.3 Å². The number of hydrogen-bond acceptors (Lipinski definition) is 5. The number of carbonyl (C=O) groups is 1. The van der Waals surface area contributed by atoms with E-state index in [1.807, 2.05) is 25.1 Å². The van der Waals surface area contributed by atoms with Crippen LogP contribution < -0.4 is 16.6 Å². The number of carbonyl (C=O) groups excluding carboxylic acids is 1. The number of aromatic amines is 1. The maximum atomic E-state index is 11.9. The number of rotatable bonds is 6. The molecule has 118 valence electrons. The first-order valence-corrected chi connectivity index (χ1v) is 6.73. The molecule has 1 amide bonds. The number of hydrogen-bond donors (Lipinski definition) is 2. The van der Waals surface area contributed by atoms with Crippen molar-refractivity contribution in [2.75, 3.05) is 20.6 Å². The van der Waals surface area contributed by atoms with Crippen LogP contribution >= 0.6 is 0 Å². The van der Waals surface area contributed by atoms with Gasteiger partial charge >= 0.3 is 5.69 Å². The Morgan fingerprint density at radius 1 is 1.41 bits per heavy atom. The highest BCUT2D eigenvalue weighted by Gasteiger charge is 2.17. The van der Waals surface area contributed by atoms with Crippen LogP contribution in [0, 0.1) is 0 Å². The average molecular weight is 306 g/mol. The van der Waals surface area contributed by atoms with E-state index in [9.17, 15) is 14.4 Å². The molecule has 0 saturated carbocycles. The second kappa shape index (κ2) is 6.90. The van der Waals surface area contributed by atoms with Crippen molar-refractivity contribution in [1.82, 2.24) is 19.8 Å². The van der Waals surface area contributed by atoms with Crippen LogP contribution in [-0.4, -0.2) is 41.0 Å². The van der Waals surface area contributed by atoms with Crippen LogP contribution in [0.15, 0.2) is 44.7 Å². The summed E-state index contributed by atoms with van der Waals surface area (Å²) in [7, 11) is 3.76. The molecule has 2 aromatic rings. The summed E-state index contributed by atoms with van der Waals surface area (Å²) in [5, 5.41) is 2.75. The Kier molecular flexibility index (Phi) is 4.95. The van der Waals surface area contributed by atoms with Crippen molar-refractivity contribution in [2.24, 2.45) is 0 Å². The van der Waals surface area contributed by atoms with E-state index in [1.165, 1.54) is 12.3 Å². The molecule has 8 nitrogen and oxygen atoms in total. The molecule has 2 N–H and O–H groups in total. The monoisotopic (exact) mass is 306 g/mol.